The van der Waals surface area contributed by atoms with Crippen LogP contribution in [0.5, 0.6) is 0 Å². The highest BCUT2D eigenvalue weighted by Crippen LogP contribution is 2.21. The zero-order valence-corrected chi connectivity index (χ0v) is 13.2. The number of aromatic nitrogens is 1. The van der Waals surface area contributed by atoms with Crippen LogP contribution in [0.15, 0.2) is 65.6 Å². The van der Waals surface area contributed by atoms with Gasteiger partial charge in [-0.2, -0.15) is 0 Å². The zero-order chi connectivity index (χ0) is 16.4. The third-order valence-electron chi connectivity index (χ3n) is 3.71. The second kappa shape index (κ2) is 6.26. The molecule has 5 heteroatoms. The third-order valence-corrected chi connectivity index (χ3v) is 3.95. The quantitative estimate of drug-likeness (QED) is 0.693. The number of nitrogens with zero attached hydrogens (tertiary/aromatic N) is 1. The Hall–Kier alpha value is -2.59. The number of hydrogen-bond donors (Lipinski definition) is 0. The lowest BCUT2D eigenvalue weighted by molar-refractivity contribution is -0.143. The van der Waals surface area contributed by atoms with Gasteiger partial charge >= 0.3 is 5.97 Å². The number of rotatable bonds is 3. The molecule has 0 aliphatic carbocycles. The molecule has 4 nitrogen and oxygen atoms in total. The first-order valence-corrected chi connectivity index (χ1v) is 7.43. The molecule has 116 valence electrons. The molecular formula is C18H14ClNO3. The Labute approximate surface area is 137 Å². The summed E-state index contributed by atoms with van der Waals surface area (Å²) in [4.78, 5) is 25.1. The Kier molecular flexibility index (Phi) is 4.17. The van der Waals surface area contributed by atoms with Crippen LogP contribution in [0, 0.1) is 0 Å². The largest absolute Gasteiger partial charge is 0.467 e. The number of methoxy groups -OCH3 is 1. The molecule has 0 fully saturated rings. The van der Waals surface area contributed by atoms with E-state index in [9.17, 15) is 9.59 Å². The first kappa shape index (κ1) is 15.3. The molecule has 1 heterocycles. The van der Waals surface area contributed by atoms with Gasteiger partial charge in [0.25, 0.3) is 5.56 Å². The number of benzene rings is 2. The molecule has 0 saturated heterocycles. The van der Waals surface area contributed by atoms with Crippen molar-refractivity contribution in [1.82, 2.24) is 4.57 Å². The molecule has 0 aliphatic rings. The van der Waals surface area contributed by atoms with Crippen molar-refractivity contribution in [2.75, 3.05) is 7.11 Å². The highest BCUT2D eigenvalue weighted by atomic mass is 35.5. The number of esters is 1. The van der Waals surface area contributed by atoms with E-state index in [1.54, 1.807) is 42.6 Å². The fourth-order valence-corrected chi connectivity index (χ4v) is 2.76. The van der Waals surface area contributed by atoms with E-state index < -0.39 is 12.0 Å². The minimum absolute atomic E-state index is 0.288. The molecule has 0 bridgehead atoms. The summed E-state index contributed by atoms with van der Waals surface area (Å²) in [5.41, 5.74) is 0.395. The molecule has 3 aromatic rings. The highest BCUT2D eigenvalue weighted by Gasteiger charge is 2.24. The number of hydrogen-bond acceptors (Lipinski definition) is 3. The van der Waals surface area contributed by atoms with Gasteiger partial charge in [-0.05, 0) is 29.1 Å². The summed E-state index contributed by atoms with van der Waals surface area (Å²) in [6.07, 6.45) is 1.60. The minimum Gasteiger partial charge on any atom is -0.467 e. The molecule has 1 aromatic heterocycles. The topological polar surface area (TPSA) is 48.3 Å². The monoisotopic (exact) mass is 327 g/mol. The smallest absolute Gasteiger partial charge is 0.333 e. The van der Waals surface area contributed by atoms with E-state index >= 15 is 0 Å². The van der Waals surface area contributed by atoms with Gasteiger partial charge in [-0.1, -0.05) is 48.0 Å². The average molecular weight is 328 g/mol. The van der Waals surface area contributed by atoms with E-state index in [0.717, 1.165) is 5.39 Å². The van der Waals surface area contributed by atoms with Gasteiger partial charge < -0.3 is 4.74 Å². The molecule has 0 N–H and O–H groups in total. The molecule has 1 unspecified atom stereocenters. The molecule has 0 saturated carbocycles. The van der Waals surface area contributed by atoms with E-state index in [-0.39, 0.29) is 5.56 Å². The first-order chi connectivity index (χ1) is 11.1. The van der Waals surface area contributed by atoms with E-state index in [4.69, 9.17) is 16.3 Å². The summed E-state index contributed by atoms with van der Waals surface area (Å²) in [7, 11) is 1.31. The van der Waals surface area contributed by atoms with E-state index in [1.165, 1.54) is 11.7 Å². The summed E-state index contributed by atoms with van der Waals surface area (Å²) in [6.45, 7) is 0. The predicted molar refractivity (Wildman–Crippen MR) is 89.8 cm³/mol. The lowest BCUT2D eigenvalue weighted by atomic mass is 10.1. The molecule has 0 radical (unpaired) electrons. The third kappa shape index (κ3) is 2.85. The lowest BCUT2D eigenvalue weighted by Gasteiger charge is -2.18. The van der Waals surface area contributed by atoms with Gasteiger partial charge in [0, 0.05) is 16.6 Å². The van der Waals surface area contributed by atoms with Crippen LogP contribution in [-0.2, 0) is 9.53 Å². The maximum atomic E-state index is 12.8. The van der Waals surface area contributed by atoms with Crippen molar-refractivity contribution in [1.29, 1.82) is 0 Å². The Bertz CT molecular complexity index is 918. The van der Waals surface area contributed by atoms with Crippen molar-refractivity contribution in [2.45, 2.75) is 6.04 Å². The summed E-state index contributed by atoms with van der Waals surface area (Å²) in [5, 5.41) is 1.71. The van der Waals surface area contributed by atoms with Gasteiger partial charge in [0.1, 0.15) is 0 Å². The van der Waals surface area contributed by atoms with Gasteiger partial charge in [-0.3, -0.25) is 9.36 Å². The van der Waals surface area contributed by atoms with E-state index in [2.05, 4.69) is 0 Å². The molecule has 0 aliphatic heterocycles. The van der Waals surface area contributed by atoms with Gasteiger partial charge in [-0.15, -0.1) is 0 Å². The standard InChI is InChI=1S/C18H14ClNO3/c1-23-18(22)16(13-5-3-2-4-6-13)20-10-9-12-7-8-14(19)11-15(12)17(20)21/h2-11,16H,1H3. The maximum Gasteiger partial charge on any atom is 0.333 e. The Morgan fingerprint density at radius 1 is 1.13 bits per heavy atom. The van der Waals surface area contributed by atoms with Crippen LogP contribution in [0.3, 0.4) is 0 Å². The zero-order valence-electron chi connectivity index (χ0n) is 12.4. The Morgan fingerprint density at radius 3 is 2.57 bits per heavy atom. The normalized spacial score (nSPS) is 12.1. The number of carbonyl (C=O) groups is 1. The second-order valence-electron chi connectivity index (χ2n) is 5.10. The number of pyridine rings is 1. The van der Waals surface area contributed by atoms with Crippen LogP contribution in [0.1, 0.15) is 11.6 Å². The first-order valence-electron chi connectivity index (χ1n) is 7.05. The average Bonchev–Trinajstić information content (AvgIpc) is 2.58. The minimum atomic E-state index is -0.836. The van der Waals surface area contributed by atoms with Crippen molar-refractivity contribution in [3.05, 3.63) is 81.7 Å². The van der Waals surface area contributed by atoms with E-state index in [0.29, 0.717) is 16.0 Å². The van der Waals surface area contributed by atoms with Crippen molar-refractivity contribution >= 4 is 28.3 Å². The lowest BCUT2D eigenvalue weighted by Crippen LogP contribution is -2.31. The Morgan fingerprint density at radius 2 is 1.87 bits per heavy atom. The number of carbonyl (C=O) groups excluding carboxylic acids is 1. The summed E-state index contributed by atoms with van der Waals surface area (Å²) < 4.78 is 6.26. The van der Waals surface area contributed by atoms with Crippen molar-refractivity contribution in [3.8, 4) is 0 Å². The summed E-state index contributed by atoms with van der Waals surface area (Å²) >= 11 is 5.99. The predicted octanol–water partition coefficient (Wildman–Crippen LogP) is 3.42. The van der Waals surface area contributed by atoms with Gasteiger partial charge in [0.05, 0.1) is 7.11 Å². The number of halogens is 1. The van der Waals surface area contributed by atoms with Crippen LogP contribution < -0.4 is 5.56 Å². The number of ether oxygens (including phenoxy) is 1. The molecule has 0 spiro atoms. The van der Waals surface area contributed by atoms with Crippen molar-refractivity contribution < 1.29 is 9.53 Å². The second-order valence-corrected chi connectivity index (χ2v) is 5.53. The van der Waals surface area contributed by atoms with Crippen LogP contribution in [0.25, 0.3) is 10.8 Å². The number of fused-ring (bicyclic) bond motifs is 1. The van der Waals surface area contributed by atoms with Crippen LogP contribution in [-0.4, -0.2) is 17.6 Å². The van der Waals surface area contributed by atoms with Gasteiger partial charge in [-0.25, -0.2) is 4.79 Å². The van der Waals surface area contributed by atoms with Gasteiger partial charge in [0.2, 0.25) is 0 Å². The highest BCUT2D eigenvalue weighted by molar-refractivity contribution is 6.31. The van der Waals surface area contributed by atoms with Crippen LogP contribution >= 0.6 is 11.6 Å². The van der Waals surface area contributed by atoms with Crippen molar-refractivity contribution in [2.24, 2.45) is 0 Å². The van der Waals surface area contributed by atoms with Crippen LogP contribution in [0.2, 0.25) is 5.02 Å². The maximum absolute atomic E-state index is 12.8. The summed E-state index contributed by atoms with van der Waals surface area (Å²) in [6, 6.07) is 15.1. The fourth-order valence-electron chi connectivity index (χ4n) is 2.59. The SMILES string of the molecule is COC(=O)C(c1ccccc1)n1ccc2ccc(Cl)cc2c1=O. The molecule has 3 rings (SSSR count). The fraction of sp³-hybridized carbons (Fsp3) is 0.111. The van der Waals surface area contributed by atoms with E-state index in [1.807, 2.05) is 18.2 Å². The molecule has 1 atom stereocenters. The molecular weight excluding hydrogens is 314 g/mol. The molecule has 23 heavy (non-hydrogen) atoms. The van der Waals surface area contributed by atoms with Gasteiger partial charge in [0.15, 0.2) is 6.04 Å². The van der Waals surface area contributed by atoms with Crippen LogP contribution in [0.4, 0.5) is 0 Å². The van der Waals surface area contributed by atoms with Crippen molar-refractivity contribution in [3.63, 3.8) is 0 Å². The summed E-state index contributed by atoms with van der Waals surface area (Å²) in [5.74, 6) is -0.500. The molecule has 2 aromatic carbocycles. The molecule has 0 amide bonds. The Balaban J connectivity index is 2.25.